The number of ether oxygens (including phenoxy) is 1. The average Bonchev–Trinajstić information content (AvgIpc) is 3.22. The molecule has 4 nitrogen and oxygen atoms in total. The Kier molecular flexibility index (Phi) is 6.08. The van der Waals surface area contributed by atoms with E-state index in [2.05, 4.69) is 19.1 Å². The van der Waals surface area contributed by atoms with Gasteiger partial charge in [-0.2, -0.15) is 0 Å². The zero-order valence-electron chi connectivity index (χ0n) is 15.6. The molecule has 1 aliphatic carbocycles. The molecule has 0 radical (unpaired) electrons. The van der Waals surface area contributed by atoms with Crippen LogP contribution in [0.2, 0.25) is 0 Å². The zero-order valence-corrected chi connectivity index (χ0v) is 16.5. The molecule has 144 valence electrons. The third-order valence-corrected chi connectivity index (χ3v) is 5.77. The molecule has 2 N–H and O–H groups in total. The van der Waals surface area contributed by atoms with Crippen molar-refractivity contribution in [2.24, 2.45) is 17.6 Å². The lowest BCUT2D eigenvalue weighted by molar-refractivity contribution is 0.0779. The molecular weight excluding hydrogens is 360 g/mol. The fourth-order valence-electron chi connectivity index (χ4n) is 4.34. The van der Waals surface area contributed by atoms with Crippen LogP contribution in [0.3, 0.4) is 0 Å². The minimum absolute atomic E-state index is 0. The van der Waals surface area contributed by atoms with Gasteiger partial charge in [-0.1, -0.05) is 35.9 Å². The number of likely N-dealkylation sites (tertiary alicyclic amines) is 1. The Labute approximate surface area is 167 Å². The van der Waals surface area contributed by atoms with Crippen molar-refractivity contribution in [3.8, 4) is 5.75 Å². The first-order chi connectivity index (χ1) is 12.6. The fraction of sp³-hybridized carbons (Fsp3) is 0.409. The SMILES string of the molecule is Cc1cccc(COc2cccc(C(=O)N3CC4CCC(N)C4C3)c2)c1.Cl. The van der Waals surface area contributed by atoms with Gasteiger partial charge >= 0.3 is 0 Å². The van der Waals surface area contributed by atoms with Crippen LogP contribution in [-0.2, 0) is 6.61 Å². The third-order valence-electron chi connectivity index (χ3n) is 5.77. The lowest BCUT2D eigenvalue weighted by atomic mass is 9.98. The van der Waals surface area contributed by atoms with Crippen LogP contribution in [0.25, 0.3) is 0 Å². The Hall–Kier alpha value is -2.04. The molecule has 1 heterocycles. The number of fused-ring (bicyclic) bond motifs is 1. The number of rotatable bonds is 4. The maximum atomic E-state index is 12.9. The second-order valence-electron chi connectivity index (χ2n) is 7.68. The molecule has 1 saturated heterocycles. The molecule has 2 aliphatic rings. The summed E-state index contributed by atoms with van der Waals surface area (Å²) in [5.74, 6) is 1.87. The number of carbonyl (C=O) groups excluding carboxylic acids is 1. The van der Waals surface area contributed by atoms with E-state index < -0.39 is 0 Å². The molecule has 4 rings (SSSR count). The lowest BCUT2D eigenvalue weighted by Crippen LogP contribution is -2.33. The van der Waals surface area contributed by atoms with Crippen LogP contribution in [0.4, 0.5) is 0 Å². The number of benzene rings is 2. The number of amides is 1. The van der Waals surface area contributed by atoms with Gasteiger partial charge in [-0.15, -0.1) is 12.4 Å². The van der Waals surface area contributed by atoms with Crippen LogP contribution >= 0.6 is 12.4 Å². The molecule has 2 fully saturated rings. The van der Waals surface area contributed by atoms with Crippen LogP contribution in [0, 0.1) is 18.8 Å². The van der Waals surface area contributed by atoms with Gasteiger partial charge in [0.05, 0.1) is 0 Å². The number of aryl methyl sites for hydroxylation is 1. The molecule has 1 amide bonds. The van der Waals surface area contributed by atoms with Gasteiger partial charge in [0.15, 0.2) is 0 Å². The Morgan fingerprint density at radius 2 is 1.96 bits per heavy atom. The van der Waals surface area contributed by atoms with Crippen LogP contribution in [0.1, 0.15) is 34.3 Å². The summed E-state index contributed by atoms with van der Waals surface area (Å²) in [5.41, 5.74) is 9.23. The van der Waals surface area contributed by atoms with Gasteiger partial charge in [-0.3, -0.25) is 4.79 Å². The monoisotopic (exact) mass is 386 g/mol. The highest BCUT2D eigenvalue weighted by Crippen LogP contribution is 2.37. The molecule has 1 aliphatic heterocycles. The van der Waals surface area contributed by atoms with E-state index in [-0.39, 0.29) is 24.4 Å². The van der Waals surface area contributed by atoms with Crippen molar-refractivity contribution < 1.29 is 9.53 Å². The maximum Gasteiger partial charge on any atom is 0.254 e. The summed E-state index contributed by atoms with van der Waals surface area (Å²) in [6, 6.07) is 16.0. The van der Waals surface area contributed by atoms with E-state index in [1.54, 1.807) is 0 Å². The predicted octanol–water partition coefficient (Wildman–Crippen LogP) is 3.81. The second-order valence-corrected chi connectivity index (χ2v) is 7.68. The molecule has 1 saturated carbocycles. The Morgan fingerprint density at radius 3 is 2.74 bits per heavy atom. The van der Waals surface area contributed by atoms with Crippen molar-refractivity contribution in [1.82, 2.24) is 4.90 Å². The van der Waals surface area contributed by atoms with Crippen LogP contribution in [0.5, 0.6) is 5.75 Å². The molecule has 27 heavy (non-hydrogen) atoms. The van der Waals surface area contributed by atoms with Crippen molar-refractivity contribution in [2.45, 2.75) is 32.4 Å². The van der Waals surface area contributed by atoms with E-state index >= 15 is 0 Å². The molecule has 2 aromatic carbocycles. The van der Waals surface area contributed by atoms with Gasteiger partial charge in [-0.05, 0) is 55.4 Å². The van der Waals surface area contributed by atoms with Gasteiger partial charge in [0.2, 0.25) is 0 Å². The first kappa shape index (κ1) is 19.7. The van der Waals surface area contributed by atoms with E-state index in [0.29, 0.717) is 24.0 Å². The van der Waals surface area contributed by atoms with Crippen molar-refractivity contribution in [3.63, 3.8) is 0 Å². The fourth-order valence-corrected chi connectivity index (χ4v) is 4.34. The zero-order chi connectivity index (χ0) is 18.1. The van der Waals surface area contributed by atoms with Crippen LogP contribution in [0.15, 0.2) is 48.5 Å². The van der Waals surface area contributed by atoms with Crippen molar-refractivity contribution >= 4 is 18.3 Å². The van der Waals surface area contributed by atoms with E-state index in [0.717, 1.165) is 37.2 Å². The largest absolute Gasteiger partial charge is 0.489 e. The van der Waals surface area contributed by atoms with Gasteiger partial charge < -0.3 is 15.4 Å². The van der Waals surface area contributed by atoms with Crippen LogP contribution in [-0.4, -0.2) is 29.9 Å². The average molecular weight is 387 g/mol. The summed E-state index contributed by atoms with van der Waals surface area (Å²) in [4.78, 5) is 14.9. The summed E-state index contributed by atoms with van der Waals surface area (Å²) < 4.78 is 5.90. The van der Waals surface area contributed by atoms with Gasteiger partial charge in [0.1, 0.15) is 12.4 Å². The van der Waals surface area contributed by atoms with E-state index in [1.165, 1.54) is 5.56 Å². The van der Waals surface area contributed by atoms with Crippen molar-refractivity contribution in [3.05, 3.63) is 65.2 Å². The molecule has 5 heteroatoms. The molecule has 0 bridgehead atoms. The number of hydrogen-bond acceptors (Lipinski definition) is 3. The highest BCUT2D eigenvalue weighted by atomic mass is 35.5. The van der Waals surface area contributed by atoms with Gasteiger partial charge in [0, 0.05) is 24.7 Å². The van der Waals surface area contributed by atoms with Crippen molar-refractivity contribution in [2.75, 3.05) is 13.1 Å². The summed E-state index contributed by atoms with van der Waals surface area (Å²) in [6.07, 6.45) is 2.24. The lowest BCUT2D eigenvalue weighted by Gasteiger charge is -2.19. The molecule has 3 unspecified atom stereocenters. The number of hydrogen-bond donors (Lipinski definition) is 1. The standard InChI is InChI=1S/C22H26N2O2.ClH/c1-15-4-2-5-16(10-15)14-26-19-7-3-6-17(11-19)22(25)24-12-18-8-9-21(23)20(18)13-24;/h2-7,10-11,18,20-21H,8-9,12-14,23H2,1H3;1H. The van der Waals surface area contributed by atoms with Gasteiger partial charge in [0.25, 0.3) is 5.91 Å². The number of nitrogens with two attached hydrogens (primary N) is 1. The summed E-state index contributed by atoms with van der Waals surface area (Å²) in [7, 11) is 0. The Bertz CT molecular complexity index is 810. The van der Waals surface area contributed by atoms with Crippen molar-refractivity contribution in [1.29, 1.82) is 0 Å². The number of nitrogens with zero attached hydrogens (tertiary/aromatic N) is 1. The molecule has 3 atom stereocenters. The normalized spacial score (nSPS) is 23.6. The smallest absolute Gasteiger partial charge is 0.254 e. The minimum atomic E-state index is 0. The maximum absolute atomic E-state index is 12.9. The Balaban J connectivity index is 0.00000210. The molecule has 0 aromatic heterocycles. The molecular formula is C22H27ClN2O2. The predicted molar refractivity (Wildman–Crippen MR) is 109 cm³/mol. The van der Waals surface area contributed by atoms with E-state index in [1.807, 2.05) is 41.3 Å². The molecule has 2 aromatic rings. The second kappa shape index (κ2) is 8.32. The first-order valence-corrected chi connectivity index (χ1v) is 9.43. The minimum Gasteiger partial charge on any atom is -0.489 e. The quantitative estimate of drug-likeness (QED) is 0.869. The topological polar surface area (TPSA) is 55.6 Å². The highest BCUT2D eigenvalue weighted by Gasteiger charge is 2.42. The summed E-state index contributed by atoms with van der Waals surface area (Å²) in [6.45, 7) is 4.20. The number of halogens is 1. The summed E-state index contributed by atoms with van der Waals surface area (Å²) >= 11 is 0. The van der Waals surface area contributed by atoms with E-state index in [9.17, 15) is 4.79 Å². The van der Waals surface area contributed by atoms with Gasteiger partial charge in [-0.25, -0.2) is 0 Å². The number of carbonyl (C=O) groups is 1. The van der Waals surface area contributed by atoms with Crippen LogP contribution < -0.4 is 10.5 Å². The molecule has 0 spiro atoms. The first-order valence-electron chi connectivity index (χ1n) is 9.43. The summed E-state index contributed by atoms with van der Waals surface area (Å²) in [5, 5.41) is 0. The van der Waals surface area contributed by atoms with E-state index in [4.69, 9.17) is 10.5 Å². The third kappa shape index (κ3) is 4.28. The highest BCUT2D eigenvalue weighted by molar-refractivity contribution is 5.94. The Morgan fingerprint density at radius 1 is 1.15 bits per heavy atom.